The first-order valence-corrected chi connectivity index (χ1v) is 5.76. The lowest BCUT2D eigenvalue weighted by Crippen LogP contribution is -2.36. The molecule has 0 aliphatic carbocycles. The van der Waals surface area contributed by atoms with Gasteiger partial charge < -0.3 is 19.9 Å². The zero-order valence-corrected chi connectivity index (χ0v) is 10.6. The summed E-state index contributed by atoms with van der Waals surface area (Å²) in [6.07, 6.45) is 0. The third-order valence-electron chi connectivity index (χ3n) is 3.17. The molecule has 1 aromatic rings. The zero-order chi connectivity index (χ0) is 12.5. The molecule has 1 saturated heterocycles. The van der Waals surface area contributed by atoms with Gasteiger partial charge in [-0.25, -0.2) is 0 Å². The van der Waals surface area contributed by atoms with E-state index in [4.69, 9.17) is 19.9 Å². The lowest BCUT2D eigenvalue weighted by atomic mass is 9.97. The minimum absolute atomic E-state index is 0.319. The Bertz CT molecular complexity index is 411. The summed E-state index contributed by atoms with van der Waals surface area (Å²) in [5.41, 5.74) is 8.93. The van der Waals surface area contributed by atoms with Crippen LogP contribution in [-0.2, 0) is 15.3 Å². The van der Waals surface area contributed by atoms with Crippen molar-refractivity contribution in [2.24, 2.45) is 5.73 Å². The van der Waals surface area contributed by atoms with Crippen molar-refractivity contribution in [2.45, 2.75) is 19.6 Å². The van der Waals surface area contributed by atoms with E-state index in [0.29, 0.717) is 19.8 Å². The van der Waals surface area contributed by atoms with E-state index < -0.39 is 5.79 Å². The summed E-state index contributed by atoms with van der Waals surface area (Å²) in [4.78, 5) is 0. The normalized spacial score (nSPS) is 18.4. The molecular weight excluding hydrogens is 218 g/mol. The molecule has 94 valence electrons. The van der Waals surface area contributed by atoms with Gasteiger partial charge >= 0.3 is 0 Å². The van der Waals surface area contributed by atoms with Crippen molar-refractivity contribution in [3.63, 3.8) is 0 Å². The number of hydrogen-bond acceptors (Lipinski definition) is 4. The van der Waals surface area contributed by atoms with Crippen molar-refractivity contribution in [1.29, 1.82) is 0 Å². The maximum atomic E-state index is 5.81. The Hall–Kier alpha value is -1.10. The fourth-order valence-electron chi connectivity index (χ4n) is 2.26. The summed E-state index contributed by atoms with van der Waals surface area (Å²) < 4.78 is 16.7. The summed E-state index contributed by atoms with van der Waals surface area (Å²) in [5, 5.41) is 0. The molecule has 1 aliphatic rings. The van der Waals surface area contributed by atoms with Crippen LogP contribution in [0.25, 0.3) is 0 Å². The SMILES string of the molecule is COc1cc(C)c(C2(CN)OCCO2)cc1C. The van der Waals surface area contributed by atoms with Crippen molar-refractivity contribution < 1.29 is 14.2 Å². The van der Waals surface area contributed by atoms with E-state index >= 15 is 0 Å². The molecule has 1 aliphatic heterocycles. The molecule has 4 heteroatoms. The van der Waals surface area contributed by atoms with Crippen LogP contribution in [0, 0.1) is 13.8 Å². The predicted molar refractivity (Wildman–Crippen MR) is 65.1 cm³/mol. The van der Waals surface area contributed by atoms with Crippen LogP contribution in [0.4, 0.5) is 0 Å². The molecule has 4 nitrogen and oxygen atoms in total. The molecule has 2 N–H and O–H groups in total. The van der Waals surface area contributed by atoms with E-state index in [-0.39, 0.29) is 0 Å². The molecule has 1 fully saturated rings. The topological polar surface area (TPSA) is 53.7 Å². The third-order valence-corrected chi connectivity index (χ3v) is 3.17. The number of rotatable bonds is 3. The highest BCUT2D eigenvalue weighted by Crippen LogP contribution is 2.35. The minimum atomic E-state index is -0.777. The van der Waals surface area contributed by atoms with Crippen LogP contribution in [0.5, 0.6) is 5.75 Å². The van der Waals surface area contributed by atoms with Gasteiger partial charge in [0, 0.05) is 5.56 Å². The standard InChI is InChI=1S/C13H19NO3/c1-9-7-12(15-3)10(2)6-11(9)13(8-14)16-4-5-17-13/h6-7H,4-5,8,14H2,1-3H3. The van der Waals surface area contributed by atoms with Gasteiger partial charge in [-0.2, -0.15) is 0 Å². The number of aryl methyl sites for hydroxylation is 2. The Kier molecular flexibility index (Phi) is 3.38. The molecule has 0 unspecified atom stereocenters. The minimum Gasteiger partial charge on any atom is -0.496 e. The van der Waals surface area contributed by atoms with Gasteiger partial charge in [0.15, 0.2) is 0 Å². The molecule has 1 aromatic carbocycles. The second-order valence-electron chi connectivity index (χ2n) is 4.29. The second kappa shape index (κ2) is 4.64. The van der Waals surface area contributed by atoms with Gasteiger partial charge in [0.05, 0.1) is 26.9 Å². The smallest absolute Gasteiger partial charge is 0.207 e. The molecule has 0 amide bonds. The second-order valence-corrected chi connectivity index (χ2v) is 4.29. The van der Waals surface area contributed by atoms with Crippen LogP contribution in [0.15, 0.2) is 12.1 Å². The van der Waals surface area contributed by atoms with E-state index in [2.05, 4.69) is 0 Å². The van der Waals surface area contributed by atoms with Gasteiger partial charge in [-0.3, -0.25) is 0 Å². The van der Waals surface area contributed by atoms with Crippen LogP contribution in [-0.4, -0.2) is 26.9 Å². The monoisotopic (exact) mass is 237 g/mol. The molecule has 2 rings (SSSR count). The molecule has 0 aromatic heterocycles. The lowest BCUT2D eigenvalue weighted by molar-refractivity contribution is -0.157. The Balaban J connectivity index is 2.47. The van der Waals surface area contributed by atoms with Crippen LogP contribution >= 0.6 is 0 Å². The maximum absolute atomic E-state index is 5.81. The van der Waals surface area contributed by atoms with E-state index in [9.17, 15) is 0 Å². The number of ether oxygens (including phenoxy) is 3. The molecule has 0 spiro atoms. The van der Waals surface area contributed by atoms with Gasteiger partial charge in [0.2, 0.25) is 5.79 Å². The van der Waals surface area contributed by atoms with E-state index in [1.807, 2.05) is 26.0 Å². The van der Waals surface area contributed by atoms with Crippen molar-refractivity contribution in [1.82, 2.24) is 0 Å². The molecule has 0 atom stereocenters. The highest BCUT2D eigenvalue weighted by molar-refractivity contribution is 5.43. The van der Waals surface area contributed by atoms with Gasteiger partial charge in [-0.1, -0.05) is 0 Å². The van der Waals surface area contributed by atoms with Gasteiger partial charge in [0.1, 0.15) is 5.75 Å². The van der Waals surface area contributed by atoms with E-state index in [1.165, 1.54) is 0 Å². The molecule has 17 heavy (non-hydrogen) atoms. The summed E-state index contributed by atoms with van der Waals surface area (Å²) >= 11 is 0. The highest BCUT2D eigenvalue weighted by Gasteiger charge is 2.38. The summed E-state index contributed by atoms with van der Waals surface area (Å²) in [6, 6.07) is 4.03. The van der Waals surface area contributed by atoms with Crippen molar-refractivity contribution in [2.75, 3.05) is 26.9 Å². The van der Waals surface area contributed by atoms with Gasteiger partial charge in [0.25, 0.3) is 0 Å². The highest BCUT2D eigenvalue weighted by atomic mass is 16.7. The average Bonchev–Trinajstić information content (AvgIpc) is 2.81. The Morgan fingerprint density at radius 2 is 1.88 bits per heavy atom. The number of benzene rings is 1. The molecule has 0 radical (unpaired) electrons. The molecular formula is C13H19NO3. The van der Waals surface area contributed by atoms with Crippen LogP contribution in [0.1, 0.15) is 16.7 Å². The zero-order valence-electron chi connectivity index (χ0n) is 10.6. The average molecular weight is 237 g/mol. The largest absolute Gasteiger partial charge is 0.496 e. The molecule has 1 heterocycles. The van der Waals surface area contributed by atoms with Crippen LogP contribution in [0.3, 0.4) is 0 Å². The first-order valence-electron chi connectivity index (χ1n) is 5.76. The predicted octanol–water partition coefficient (Wildman–Crippen LogP) is 1.47. The van der Waals surface area contributed by atoms with Crippen LogP contribution in [0.2, 0.25) is 0 Å². The van der Waals surface area contributed by atoms with E-state index in [1.54, 1.807) is 7.11 Å². The number of hydrogen-bond donors (Lipinski definition) is 1. The van der Waals surface area contributed by atoms with Gasteiger partial charge in [-0.05, 0) is 37.1 Å². The van der Waals surface area contributed by atoms with Gasteiger partial charge in [-0.15, -0.1) is 0 Å². The Labute approximate surface area is 102 Å². The van der Waals surface area contributed by atoms with Crippen molar-refractivity contribution in [3.8, 4) is 5.75 Å². The van der Waals surface area contributed by atoms with Crippen LogP contribution < -0.4 is 10.5 Å². The maximum Gasteiger partial charge on any atom is 0.207 e. The molecule has 0 bridgehead atoms. The first-order chi connectivity index (χ1) is 8.13. The Morgan fingerprint density at radius 1 is 1.24 bits per heavy atom. The molecule has 0 saturated carbocycles. The van der Waals surface area contributed by atoms with Crippen molar-refractivity contribution >= 4 is 0 Å². The number of nitrogens with two attached hydrogens (primary N) is 1. The quantitative estimate of drug-likeness (QED) is 0.865. The Morgan fingerprint density at radius 3 is 2.41 bits per heavy atom. The van der Waals surface area contributed by atoms with E-state index in [0.717, 1.165) is 22.4 Å². The van der Waals surface area contributed by atoms with Crippen molar-refractivity contribution in [3.05, 3.63) is 28.8 Å². The summed E-state index contributed by atoms with van der Waals surface area (Å²) in [7, 11) is 1.67. The fraction of sp³-hybridized carbons (Fsp3) is 0.538. The lowest BCUT2D eigenvalue weighted by Gasteiger charge is -2.28. The number of methoxy groups -OCH3 is 1. The summed E-state index contributed by atoms with van der Waals surface area (Å²) in [5.74, 6) is 0.0950. The fourth-order valence-corrected chi connectivity index (χ4v) is 2.26. The summed E-state index contributed by atoms with van der Waals surface area (Å²) in [6.45, 7) is 5.50. The first kappa shape index (κ1) is 12.4. The third kappa shape index (κ3) is 2.04.